The van der Waals surface area contributed by atoms with E-state index in [2.05, 4.69) is 49.9 Å². The molecule has 0 aromatic rings. The van der Waals surface area contributed by atoms with Crippen LogP contribution in [-0.4, -0.2) is 61.2 Å². The molecule has 0 bridgehead atoms. The van der Waals surface area contributed by atoms with Crippen LogP contribution in [-0.2, 0) is 0 Å². The summed E-state index contributed by atoms with van der Waals surface area (Å²) >= 11 is 0. The molecular weight excluding hydrogens is 234 g/mol. The molecule has 0 saturated carbocycles. The van der Waals surface area contributed by atoms with Crippen molar-refractivity contribution in [1.29, 1.82) is 0 Å². The van der Waals surface area contributed by atoms with E-state index >= 15 is 0 Å². The van der Waals surface area contributed by atoms with Crippen LogP contribution in [0.1, 0.15) is 40.5 Å². The van der Waals surface area contributed by atoms with Crippen LogP contribution in [0.15, 0.2) is 0 Å². The Labute approximate surface area is 119 Å². The number of nitrogens with one attached hydrogen (secondary N) is 1. The number of hydrogen-bond acceptors (Lipinski definition) is 3. The largest absolute Gasteiger partial charge is 0.311 e. The molecule has 0 aliphatic carbocycles. The van der Waals surface area contributed by atoms with Gasteiger partial charge in [-0.25, -0.2) is 0 Å². The van der Waals surface area contributed by atoms with Gasteiger partial charge in [-0.15, -0.1) is 0 Å². The molecule has 2 heterocycles. The summed E-state index contributed by atoms with van der Waals surface area (Å²) in [5.74, 6) is 1.48. The van der Waals surface area contributed by atoms with Crippen LogP contribution in [0, 0.1) is 11.8 Å². The van der Waals surface area contributed by atoms with E-state index in [1.807, 2.05) is 0 Å². The third-order valence-electron chi connectivity index (χ3n) is 5.07. The van der Waals surface area contributed by atoms with Crippen molar-refractivity contribution in [3.63, 3.8) is 0 Å². The van der Waals surface area contributed by atoms with Crippen molar-refractivity contribution in [2.45, 2.75) is 58.7 Å². The summed E-state index contributed by atoms with van der Waals surface area (Å²) in [5.41, 5.74) is 0. The van der Waals surface area contributed by atoms with Crippen LogP contribution in [0.2, 0.25) is 0 Å². The van der Waals surface area contributed by atoms with E-state index in [9.17, 15) is 0 Å². The zero-order valence-electron chi connectivity index (χ0n) is 13.5. The first-order valence-electron chi connectivity index (χ1n) is 8.16. The maximum atomic E-state index is 3.77. The number of likely N-dealkylation sites (tertiary alicyclic amines) is 1. The highest BCUT2D eigenvalue weighted by Gasteiger charge is 2.36. The molecule has 2 rings (SSSR count). The molecular formula is C16H33N3. The van der Waals surface area contributed by atoms with E-state index in [4.69, 9.17) is 0 Å². The van der Waals surface area contributed by atoms with E-state index < -0.39 is 0 Å². The number of hydrogen-bond donors (Lipinski definition) is 1. The summed E-state index contributed by atoms with van der Waals surface area (Å²) in [4.78, 5) is 5.35. The molecule has 3 unspecified atom stereocenters. The fourth-order valence-electron chi connectivity index (χ4n) is 3.71. The fourth-order valence-corrected chi connectivity index (χ4v) is 3.71. The Hall–Kier alpha value is -0.120. The summed E-state index contributed by atoms with van der Waals surface area (Å²) in [6, 6.07) is 2.16. The third kappa shape index (κ3) is 3.71. The van der Waals surface area contributed by atoms with Gasteiger partial charge < -0.3 is 10.2 Å². The first-order chi connectivity index (χ1) is 8.99. The van der Waals surface area contributed by atoms with Crippen molar-refractivity contribution >= 4 is 0 Å². The van der Waals surface area contributed by atoms with Gasteiger partial charge in [0, 0.05) is 37.8 Å². The van der Waals surface area contributed by atoms with Crippen LogP contribution in [0.4, 0.5) is 0 Å². The molecule has 112 valence electrons. The number of likely N-dealkylation sites (N-methyl/N-ethyl adjacent to an activating group) is 1. The second-order valence-corrected chi connectivity index (χ2v) is 7.33. The number of piperidine rings is 1. The molecule has 2 saturated heterocycles. The lowest BCUT2D eigenvalue weighted by atomic mass is 9.91. The van der Waals surface area contributed by atoms with Gasteiger partial charge in [-0.1, -0.05) is 27.7 Å². The lowest BCUT2D eigenvalue weighted by Crippen LogP contribution is -2.64. The van der Waals surface area contributed by atoms with Crippen LogP contribution >= 0.6 is 0 Å². The van der Waals surface area contributed by atoms with E-state index in [0.717, 1.165) is 17.9 Å². The maximum absolute atomic E-state index is 3.77. The number of nitrogens with zero attached hydrogens (tertiary/aromatic N) is 2. The van der Waals surface area contributed by atoms with E-state index in [1.54, 1.807) is 0 Å². The molecule has 2 aliphatic heterocycles. The zero-order chi connectivity index (χ0) is 14.0. The molecule has 2 fully saturated rings. The minimum absolute atomic E-state index is 0.669. The fraction of sp³-hybridized carbons (Fsp3) is 1.00. The van der Waals surface area contributed by atoms with E-state index in [1.165, 1.54) is 39.0 Å². The standard InChI is InChI=1S/C16H33N3/c1-12(2)15-11-19(16(9-17-15)13(3)4)14-7-6-8-18(5)10-14/h12-17H,6-11H2,1-5H3. The van der Waals surface area contributed by atoms with Crippen molar-refractivity contribution in [2.24, 2.45) is 11.8 Å². The zero-order valence-corrected chi connectivity index (χ0v) is 13.5. The molecule has 0 amide bonds. The van der Waals surface area contributed by atoms with Crippen LogP contribution in [0.5, 0.6) is 0 Å². The predicted octanol–water partition coefficient (Wildman–Crippen LogP) is 2.03. The maximum Gasteiger partial charge on any atom is 0.0247 e. The quantitative estimate of drug-likeness (QED) is 0.844. The SMILES string of the molecule is CC(C)C1CN(C2CCCN(C)C2)C(C(C)C)CN1. The molecule has 0 aromatic heterocycles. The molecule has 0 aromatic carbocycles. The smallest absolute Gasteiger partial charge is 0.0247 e. The molecule has 2 aliphatic rings. The van der Waals surface area contributed by atoms with Crippen molar-refractivity contribution in [2.75, 3.05) is 33.2 Å². The molecule has 0 radical (unpaired) electrons. The minimum atomic E-state index is 0.669. The van der Waals surface area contributed by atoms with Gasteiger partial charge in [0.1, 0.15) is 0 Å². The first-order valence-corrected chi connectivity index (χ1v) is 8.16. The Kier molecular flexibility index (Phi) is 5.27. The van der Waals surface area contributed by atoms with Crippen molar-refractivity contribution in [1.82, 2.24) is 15.1 Å². The highest BCUT2D eigenvalue weighted by molar-refractivity contribution is 4.94. The monoisotopic (exact) mass is 267 g/mol. The lowest BCUT2D eigenvalue weighted by molar-refractivity contribution is 0.0163. The Morgan fingerprint density at radius 3 is 2.37 bits per heavy atom. The molecule has 3 nitrogen and oxygen atoms in total. The molecule has 1 N–H and O–H groups in total. The van der Waals surface area contributed by atoms with Gasteiger partial charge in [-0.3, -0.25) is 4.90 Å². The predicted molar refractivity (Wildman–Crippen MR) is 82.5 cm³/mol. The van der Waals surface area contributed by atoms with Crippen molar-refractivity contribution in [3.05, 3.63) is 0 Å². The van der Waals surface area contributed by atoms with Gasteiger partial charge in [-0.05, 0) is 38.3 Å². The second-order valence-electron chi connectivity index (χ2n) is 7.33. The molecule has 3 heteroatoms. The molecule has 3 atom stereocenters. The Bertz CT molecular complexity index is 277. The normalized spacial score (nSPS) is 35.2. The highest BCUT2D eigenvalue weighted by Crippen LogP contribution is 2.25. The van der Waals surface area contributed by atoms with Gasteiger partial charge in [-0.2, -0.15) is 0 Å². The summed E-state index contributed by atoms with van der Waals surface area (Å²) in [5, 5.41) is 3.77. The third-order valence-corrected chi connectivity index (χ3v) is 5.07. The van der Waals surface area contributed by atoms with Gasteiger partial charge in [0.05, 0.1) is 0 Å². The van der Waals surface area contributed by atoms with Gasteiger partial charge in [0.15, 0.2) is 0 Å². The number of piperazine rings is 1. The Balaban J connectivity index is 2.06. The average Bonchev–Trinajstić information content (AvgIpc) is 2.37. The van der Waals surface area contributed by atoms with Gasteiger partial charge in [0.25, 0.3) is 0 Å². The first kappa shape index (κ1) is 15.3. The van der Waals surface area contributed by atoms with E-state index in [0.29, 0.717) is 12.1 Å². The summed E-state index contributed by atoms with van der Waals surface area (Å²) in [7, 11) is 2.28. The number of rotatable bonds is 3. The molecule has 0 spiro atoms. The van der Waals surface area contributed by atoms with E-state index in [-0.39, 0.29) is 0 Å². The van der Waals surface area contributed by atoms with Crippen molar-refractivity contribution in [3.8, 4) is 0 Å². The van der Waals surface area contributed by atoms with Crippen molar-refractivity contribution < 1.29 is 0 Å². The molecule has 19 heavy (non-hydrogen) atoms. The lowest BCUT2D eigenvalue weighted by Gasteiger charge is -2.49. The van der Waals surface area contributed by atoms with Crippen LogP contribution in [0.3, 0.4) is 0 Å². The Morgan fingerprint density at radius 2 is 1.79 bits per heavy atom. The summed E-state index contributed by atoms with van der Waals surface area (Å²) in [6.45, 7) is 14.4. The van der Waals surface area contributed by atoms with Crippen LogP contribution in [0.25, 0.3) is 0 Å². The Morgan fingerprint density at radius 1 is 1.05 bits per heavy atom. The second kappa shape index (κ2) is 6.55. The van der Waals surface area contributed by atoms with Crippen LogP contribution < -0.4 is 5.32 Å². The highest BCUT2D eigenvalue weighted by atomic mass is 15.3. The summed E-state index contributed by atoms with van der Waals surface area (Å²) < 4.78 is 0. The van der Waals surface area contributed by atoms with Gasteiger partial charge in [0.2, 0.25) is 0 Å². The topological polar surface area (TPSA) is 18.5 Å². The average molecular weight is 267 g/mol. The van der Waals surface area contributed by atoms with Gasteiger partial charge >= 0.3 is 0 Å². The minimum Gasteiger partial charge on any atom is -0.311 e. The summed E-state index contributed by atoms with van der Waals surface area (Å²) in [6.07, 6.45) is 2.75.